The molecule has 0 bridgehead atoms. The summed E-state index contributed by atoms with van der Waals surface area (Å²) in [5.74, 6) is -2.07. The lowest BCUT2D eigenvalue weighted by molar-refractivity contribution is -0.123. The van der Waals surface area contributed by atoms with Crippen molar-refractivity contribution in [2.75, 3.05) is 11.1 Å². The van der Waals surface area contributed by atoms with E-state index in [-0.39, 0.29) is 32.0 Å². The van der Waals surface area contributed by atoms with Crippen molar-refractivity contribution < 1.29 is 18.7 Å². The summed E-state index contributed by atoms with van der Waals surface area (Å²) in [6, 6.07) is 6.13. The molecule has 2 aromatic rings. The molecule has 132 valence electrons. The number of carbonyl (C=O) groups excluding carboxylic acids is 2. The van der Waals surface area contributed by atoms with Gasteiger partial charge in [0.15, 0.2) is 6.10 Å². The van der Waals surface area contributed by atoms with Crippen LogP contribution in [-0.4, -0.2) is 18.0 Å². The third kappa shape index (κ3) is 4.75. The van der Waals surface area contributed by atoms with Gasteiger partial charge in [0.1, 0.15) is 5.82 Å². The van der Waals surface area contributed by atoms with Gasteiger partial charge in [-0.05, 0) is 37.3 Å². The first-order valence-corrected chi connectivity index (χ1v) is 8.04. The fourth-order valence-corrected chi connectivity index (χ4v) is 2.56. The van der Waals surface area contributed by atoms with E-state index in [4.69, 9.17) is 45.3 Å². The highest BCUT2D eigenvalue weighted by molar-refractivity contribution is 6.37. The number of benzene rings is 2. The smallest absolute Gasteiger partial charge is 0.341 e. The largest absolute Gasteiger partial charge is 0.449 e. The number of ether oxygens (including phenoxy) is 1. The average Bonchev–Trinajstić information content (AvgIpc) is 2.53. The Balaban J connectivity index is 2.09. The fraction of sp³-hybridized carbons (Fsp3) is 0.125. The predicted octanol–water partition coefficient (Wildman–Crippen LogP) is 4.55. The van der Waals surface area contributed by atoms with Crippen LogP contribution in [0.4, 0.5) is 15.8 Å². The molecule has 0 spiro atoms. The van der Waals surface area contributed by atoms with Crippen LogP contribution in [0.1, 0.15) is 17.3 Å². The second kappa shape index (κ2) is 7.91. The van der Waals surface area contributed by atoms with Crippen molar-refractivity contribution in [3.8, 4) is 0 Å². The van der Waals surface area contributed by atoms with E-state index in [2.05, 4.69) is 5.32 Å². The van der Waals surface area contributed by atoms with E-state index in [9.17, 15) is 14.0 Å². The summed E-state index contributed by atoms with van der Waals surface area (Å²) in [5, 5.41) is 2.73. The van der Waals surface area contributed by atoms with E-state index in [1.54, 1.807) is 0 Å². The molecule has 5 nitrogen and oxygen atoms in total. The number of esters is 1. The molecule has 1 atom stereocenters. The molecule has 0 saturated carbocycles. The number of anilines is 2. The van der Waals surface area contributed by atoms with Gasteiger partial charge in [0.25, 0.3) is 5.91 Å². The SMILES string of the molecule is CC(OC(=O)c1cc(Cl)cc(Cl)c1N)C(=O)Nc1ccc(F)cc1Cl. The van der Waals surface area contributed by atoms with Crippen LogP contribution in [0.25, 0.3) is 0 Å². The molecule has 0 saturated heterocycles. The summed E-state index contributed by atoms with van der Waals surface area (Å²) in [4.78, 5) is 24.3. The molecule has 2 aromatic carbocycles. The summed E-state index contributed by atoms with van der Waals surface area (Å²) in [5.41, 5.74) is 5.83. The topological polar surface area (TPSA) is 81.4 Å². The van der Waals surface area contributed by atoms with Gasteiger partial charge in [-0.3, -0.25) is 4.79 Å². The number of nitrogens with one attached hydrogen (secondary N) is 1. The number of hydrogen-bond donors (Lipinski definition) is 2. The lowest BCUT2D eigenvalue weighted by Crippen LogP contribution is -2.30. The molecule has 2 rings (SSSR count). The van der Waals surface area contributed by atoms with Gasteiger partial charge in [0.05, 0.1) is 27.0 Å². The first kappa shape index (κ1) is 19.3. The maximum Gasteiger partial charge on any atom is 0.341 e. The van der Waals surface area contributed by atoms with Crippen LogP contribution in [0.15, 0.2) is 30.3 Å². The van der Waals surface area contributed by atoms with Crippen LogP contribution in [0.5, 0.6) is 0 Å². The van der Waals surface area contributed by atoms with Crippen molar-refractivity contribution in [1.82, 2.24) is 0 Å². The Morgan fingerprint density at radius 1 is 1.16 bits per heavy atom. The van der Waals surface area contributed by atoms with E-state index >= 15 is 0 Å². The van der Waals surface area contributed by atoms with Gasteiger partial charge in [0.2, 0.25) is 0 Å². The Morgan fingerprint density at radius 3 is 2.48 bits per heavy atom. The maximum absolute atomic E-state index is 13.0. The molecule has 25 heavy (non-hydrogen) atoms. The van der Waals surface area contributed by atoms with Crippen LogP contribution in [-0.2, 0) is 9.53 Å². The van der Waals surface area contributed by atoms with E-state index in [0.717, 1.165) is 12.1 Å². The minimum absolute atomic E-state index is 0.00902. The number of nitrogens with two attached hydrogens (primary N) is 1. The molecule has 0 fully saturated rings. The second-order valence-electron chi connectivity index (χ2n) is 5.01. The summed E-state index contributed by atoms with van der Waals surface area (Å²) in [7, 11) is 0. The average molecular weight is 406 g/mol. The van der Waals surface area contributed by atoms with Crippen LogP contribution < -0.4 is 11.1 Å². The Morgan fingerprint density at radius 2 is 1.84 bits per heavy atom. The number of hydrogen-bond acceptors (Lipinski definition) is 4. The van der Waals surface area contributed by atoms with Gasteiger partial charge >= 0.3 is 5.97 Å². The maximum atomic E-state index is 13.0. The van der Waals surface area contributed by atoms with Crippen LogP contribution in [0.3, 0.4) is 0 Å². The van der Waals surface area contributed by atoms with Crippen molar-refractivity contribution >= 4 is 58.1 Å². The fourth-order valence-electron chi connectivity index (χ4n) is 1.86. The van der Waals surface area contributed by atoms with Crippen molar-refractivity contribution in [1.29, 1.82) is 0 Å². The predicted molar refractivity (Wildman–Crippen MR) is 95.8 cm³/mol. The Labute approximate surface area is 157 Å². The van der Waals surface area contributed by atoms with Crippen molar-refractivity contribution in [2.24, 2.45) is 0 Å². The zero-order chi connectivity index (χ0) is 18.7. The number of carbonyl (C=O) groups is 2. The minimum Gasteiger partial charge on any atom is -0.449 e. The molecule has 3 N–H and O–H groups in total. The highest BCUT2D eigenvalue weighted by atomic mass is 35.5. The first-order chi connectivity index (χ1) is 11.7. The van der Waals surface area contributed by atoms with Crippen molar-refractivity contribution in [3.63, 3.8) is 0 Å². The zero-order valence-corrected chi connectivity index (χ0v) is 15.0. The van der Waals surface area contributed by atoms with E-state index in [1.165, 1.54) is 25.1 Å². The van der Waals surface area contributed by atoms with Gasteiger partial charge < -0.3 is 15.8 Å². The standard InChI is InChI=1S/C16H12Cl3FN2O3/c1-7(15(23)22-13-3-2-9(20)6-11(13)18)25-16(24)10-4-8(17)5-12(19)14(10)21/h2-7H,21H2,1H3,(H,22,23). The second-order valence-corrected chi connectivity index (χ2v) is 6.26. The van der Waals surface area contributed by atoms with E-state index < -0.39 is 23.8 Å². The normalized spacial score (nSPS) is 11.7. The third-order valence-corrected chi connectivity index (χ3v) is 4.00. The van der Waals surface area contributed by atoms with Crippen LogP contribution in [0, 0.1) is 5.82 Å². The molecule has 0 aromatic heterocycles. The van der Waals surface area contributed by atoms with Crippen LogP contribution >= 0.6 is 34.8 Å². The molecule has 1 amide bonds. The molecular formula is C16H12Cl3FN2O3. The Kier molecular flexibility index (Phi) is 6.11. The van der Waals surface area contributed by atoms with E-state index in [1.807, 2.05) is 0 Å². The Bertz CT molecular complexity index is 846. The van der Waals surface area contributed by atoms with Crippen molar-refractivity contribution in [3.05, 3.63) is 56.8 Å². The highest BCUT2D eigenvalue weighted by Gasteiger charge is 2.22. The molecule has 0 aliphatic heterocycles. The quantitative estimate of drug-likeness (QED) is 0.577. The number of halogens is 4. The lowest BCUT2D eigenvalue weighted by atomic mass is 10.2. The molecule has 0 aliphatic carbocycles. The monoisotopic (exact) mass is 404 g/mol. The van der Waals surface area contributed by atoms with Gasteiger partial charge in [-0.25, -0.2) is 9.18 Å². The minimum atomic E-state index is -1.18. The molecule has 0 aliphatic rings. The lowest BCUT2D eigenvalue weighted by Gasteiger charge is -2.15. The highest BCUT2D eigenvalue weighted by Crippen LogP contribution is 2.28. The molecule has 9 heteroatoms. The van der Waals surface area contributed by atoms with Crippen LogP contribution in [0.2, 0.25) is 15.1 Å². The number of amides is 1. The first-order valence-electron chi connectivity index (χ1n) is 6.90. The summed E-state index contributed by atoms with van der Waals surface area (Å²) < 4.78 is 18.1. The van der Waals surface area contributed by atoms with Crippen molar-refractivity contribution in [2.45, 2.75) is 13.0 Å². The number of nitrogen functional groups attached to an aromatic ring is 1. The van der Waals surface area contributed by atoms with E-state index in [0.29, 0.717) is 0 Å². The summed E-state index contributed by atoms with van der Waals surface area (Å²) >= 11 is 17.5. The Hall–Kier alpha value is -2.02. The molecule has 0 heterocycles. The molecular weight excluding hydrogens is 394 g/mol. The third-order valence-electron chi connectivity index (χ3n) is 3.16. The molecule has 1 unspecified atom stereocenters. The zero-order valence-electron chi connectivity index (χ0n) is 12.8. The van der Waals surface area contributed by atoms with Gasteiger partial charge in [-0.15, -0.1) is 0 Å². The molecule has 0 radical (unpaired) electrons. The van der Waals surface area contributed by atoms with Gasteiger partial charge in [-0.2, -0.15) is 0 Å². The summed E-state index contributed by atoms with van der Waals surface area (Å²) in [6.07, 6.45) is -1.18. The number of rotatable bonds is 4. The van der Waals surface area contributed by atoms with Gasteiger partial charge in [0, 0.05) is 5.02 Å². The van der Waals surface area contributed by atoms with Gasteiger partial charge in [-0.1, -0.05) is 34.8 Å². The summed E-state index contributed by atoms with van der Waals surface area (Å²) in [6.45, 7) is 1.35.